The van der Waals surface area contributed by atoms with E-state index < -0.39 is 0 Å². The minimum atomic E-state index is -0.314. The van der Waals surface area contributed by atoms with Gasteiger partial charge in [0.25, 0.3) is 0 Å². The summed E-state index contributed by atoms with van der Waals surface area (Å²) in [5.74, 6) is 1.74. The van der Waals surface area contributed by atoms with E-state index in [9.17, 15) is 5.11 Å². The highest BCUT2D eigenvalue weighted by molar-refractivity contribution is 5.36. The molecule has 0 saturated heterocycles. The van der Waals surface area contributed by atoms with Crippen molar-refractivity contribution in [3.05, 3.63) is 11.4 Å². The van der Waals surface area contributed by atoms with Gasteiger partial charge >= 0.3 is 0 Å². The summed E-state index contributed by atoms with van der Waals surface area (Å²) in [6, 6.07) is 0. The van der Waals surface area contributed by atoms with Crippen LogP contribution in [-0.4, -0.2) is 20.7 Å². The van der Waals surface area contributed by atoms with Crippen LogP contribution in [0.15, 0.2) is 0 Å². The maximum absolute atomic E-state index is 9.91. The third-order valence-electron chi connectivity index (χ3n) is 2.66. The molecule has 0 aromatic carbocycles. The van der Waals surface area contributed by atoms with Crippen molar-refractivity contribution in [2.45, 2.75) is 58.5 Å². The third-order valence-corrected chi connectivity index (χ3v) is 2.66. The van der Waals surface area contributed by atoms with Crippen LogP contribution in [0, 0.1) is 0 Å². The molecule has 0 spiro atoms. The SMILES string of the molecule is CCc1c(O)nc(C2CC2)nc1OC(C)(C)C. The molecule has 1 aromatic heterocycles. The monoisotopic (exact) mass is 236 g/mol. The third kappa shape index (κ3) is 2.87. The van der Waals surface area contributed by atoms with Crippen molar-refractivity contribution in [1.82, 2.24) is 9.97 Å². The summed E-state index contributed by atoms with van der Waals surface area (Å²) in [6.07, 6.45) is 2.89. The number of hydrogen-bond donors (Lipinski definition) is 1. The Morgan fingerprint density at radius 2 is 1.94 bits per heavy atom. The second-order valence-corrected chi connectivity index (χ2v) is 5.53. The molecule has 1 saturated carbocycles. The highest BCUT2D eigenvalue weighted by atomic mass is 16.5. The smallest absolute Gasteiger partial charge is 0.224 e. The molecule has 94 valence electrons. The predicted octanol–water partition coefficient (Wildman–Crippen LogP) is 2.80. The first-order valence-corrected chi connectivity index (χ1v) is 6.19. The summed E-state index contributed by atoms with van der Waals surface area (Å²) in [5.41, 5.74) is 0.384. The lowest BCUT2D eigenvalue weighted by Gasteiger charge is -2.22. The first kappa shape index (κ1) is 12.1. The molecular formula is C13H20N2O2. The standard InChI is InChI=1S/C13H20N2O2/c1-5-9-11(16)14-10(8-6-7-8)15-12(9)17-13(2,3)4/h8H,5-7H2,1-4H3,(H,14,15,16). The number of rotatable bonds is 3. The molecule has 1 heterocycles. The molecule has 1 aliphatic carbocycles. The van der Waals surface area contributed by atoms with Gasteiger partial charge in [0.2, 0.25) is 11.8 Å². The van der Waals surface area contributed by atoms with E-state index in [0.717, 1.165) is 18.7 Å². The molecule has 1 fully saturated rings. The van der Waals surface area contributed by atoms with E-state index in [2.05, 4.69) is 9.97 Å². The van der Waals surface area contributed by atoms with Crippen molar-refractivity contribution in [3.8, 4) is 11.8 Å². The van der Waals surface area contributed by atoms with Crippen LogP contribution in [0.1, 0.15) is 57.8 Å². The molecule has 17 heavy (non-hydrogen) atoms. The molecule has 0 radical (unpaired) electrons. The van der Waals surface area contributed by atoms with Gasteiger partial charge in [-0.25, -0.2) is 0 Å². The number of aromatic nitrogens is 2. The summed E-state index contributed by atoms with van der Waals surface area (Å²) in [5, 5.41) is 9.91. The van der Waals surface area contributed by atoms with Crippen molar-refractivity contribution in [2.75, 3.05) is 0 Å². The van der Waals surface area contributed by atoms with Crippen LogP contribution in [0.5, 0.6) is 11.8 Å². The Bertz CT molecular complexity index is 420. The van der Waals surface area contributed by atoms with E-state index in [1.807, 2.05) is 27.7 Å². The van der Waals surface area contributed by atoms with Crippen LogP contribution in [-0.2, 0) is 6.42 Å². The quantitative estimate of drug-likeness (QED) is 0.876. The number of nitrogens with zero attached hydrogens (tertiary/aromatic N) is 2. The van der Waals surface area contributed by atoms with Gasteiger partial charge in [0.05, 0.1) is 5.56 Å². The second-order valence-electron chi connectivity index (χ2n) is 5.53. The predicted molar refractivity (Wildman–Crippen MR) is 65.4 cm³/mol. The Hall–Kier alpha value is -1.32. The minimum Gasteiger partial charge on any atom is -0.493 e. The fourth-order valence-corrected chi connectivity index (χ4v) is 1.68. The molecule has 2 rings (SSSR count). The van der Waals surface area contributed by atoms with Crippen LogP contribution in [0.3, 0.4) is 0 Å². The lowest BCUT2D eigenvalue weighted by molar-refractivity contribution is 0.121. The molecule has 0 atom stereocenters. The summed E-state index contributed by atoms with van der Waals surface area (Å²) in [4.78, 5) is 8.62. The first-order chi connectivity index (χ1) is 7.90. The zero-order valence-corrected chi connectivity index (χ0v) is 10.9. The fraction of sp³-hybridized carbons (Fsp3) is 0.692. The van der Waals surface area contributed by atoms with Crippen LogP contribution in [0.2, 0.25) is 0 Å². The topological polar surface area (TPSA) is 55.2 Å². The zero-order chi connectivity index (χ0) is 12.6. The maximum Gasteiger partial charge on any atom is 0.224 e. The van der Waals surface area contributed by atoms with Gasteiger partial charge in [-0.05, 0) is 40.0 Å². The highest BCUT2D eigenvalue weighted by Gasteiger charge is 2.29. The Labute approximate surface area is 102 Å². The molecule has 0 bridgehead atoms. The Morgan fingerprint density at radius 1 is 1.29 bits per heavy atom. The number of aromatic hydroxyl groups is 1. The first-order valence-electron chi connectivity index (χ1n) is 6.19. The van der Waals surface area contributed by atoms with Crippen LogP contribution < -0.4 is 4.74 Å². The Morgan fingerprint density at radius 3 is 2.41 bits per heavy atom. The summed E-state index contributed by atoms with van der Waals surface area (Å²) in [7, 11) is 0. The molecule has 1 aromatic rings. The van der Waals surface area contributed by atoms with E-state index >= 15 is 0 Å². The van der Waals surface area contributed by atoms with Gasteiger partial charge in [0, 0.05) is 5.92 Å². The second kappa shape index (κ2) is 4.17. The molecule has 0 aliphatic heterocycles. The largest absolute Gasteiger partial charge is 0.493 e. The molecular weight excluding hydrogens is 216 g/mol. The van der Waals surface area contributed by atoms with Gasteiger partial charge < -0.3 is 9.84 Å². The van der Waals surface area contributed by atoms with Crippen molar-refractivity contribution < 1.29 is 9.84 Å². The Kier molecular flexibility index (Phi) is 2.98. The highest BCUT2D eigenvalue weighted by Crippen LogP contribution is 2.40. The summed E-state index contributed by atoms with van der Waals surface area (Å²) < 4.78 is 5.81. The molecule has 1 aliphatic rings. The fourth-order valence-electron chi connectivity index (χ4n) is 1.68. The van der Waals surface area contributed by atoms with E-state index in [-0.39, 0.29) is 11.5 Å². The van der Waals surface area contributed by atoms with Crippen molar-refractivity contribution in [2.24, 2.45) is 0 Å². The van der Waals surface area contributed by atoms with E-state index in [1.54, 1.807) is 0 Å². The Balaban J connectivity index is 2.38. The molecule has 0 unspecified atom stereocenters. The normalized spacial score (nSPS) is 16.0. The minimum absolute atomic E-state index is 0.0728. The molecule has 1 N–H and O–H groups in total. The van der Waals surface area contributed by atoms with Crippen molar-refractivity contribution in [3.63, 3.8) is 0 Å². The van der Waals surface area contributed by atoms with Crippen LogP contribution in [0.4, 0.5) is 0 Å². The zero-order valence-electron chi connectivity index (χ0n) is 10.9. The average Bonchev–Trinajstić information content (AvgIpc) is 2.97. The van der Waals surface area contributed by atoms with Crippen LogP contribution >= 0.6 is 0 Å². The van der Waals surface area contributed by atoms with Gasteiger partial charge in [-0.3, -0.25) is 0 Å². The molecule has 0 amide bonds. The molecule has 4 heteroatoms. The summed E-state index contributed by atoms with van der Waals surface area (Å²) in [6.45, 7) is 7.89. The summed E-state index contributed by atoms with van der Waals surface area (Å²) >= 11 is 0. The number of ether oxygens (including phenoxy) is 1. The lowest BCUT2D eigenvalue weighted by Crippen LogP contribution is -2.24. The maximum atomic E-state index is 9.91. The van der Waals surface area contributed by atoms with E-state index in [0.29, 0.717) is 23.8 Å². The van der Waals surface area contributed by atoms with Gasteiger partial charge in [-0.2, -0.15) is 9.97 Å². The van der Waals surface area contributed by atoms with Crippen molar-refractivity contribution in [1.29, 1.82) is 0 Å². The van der Waals surface area contributed by atoms with Gasteiger partial charge in [0.15, 0.2) is 0 Å². The lowest BCUT2D eigenvalue weighted by atomic mass is 10.2. The van der Waals surface area contributed by atoms with Gasteiger partial charge in [-0.1, -0.05) is 6.92 Å². The van der Waals surface area contributed by atoms with Crippen molar-refractivity contribution >= 4 is 0 Å². The van der Waals surface area contributed by atoms with Gasteiger partial charge in [-0.15, -0.1) is 0 Å². The average molecular weight is 236 g/mol. The van der Waals surface area contributed by atoms with E-state index in [1.165, 1.54) is 0 Å². The van der Waals surface area contributed by atoms with Gasteiger partial charge in [0.1, 0.15) is 11.4 Å². The van der Waals surface area contributed by atoms with Crippen LogP contribution in [0.25, 0.3) is 0 Å². The number of hydrogen-bond acceptors (Lipinski definition) is 4. The molecule has 4 nitrogen and oxygen atoms in total. The van der Waals surface area contributed by atoms with E-state index in [4.69, 9.17) is 4.74 Å².